The van der Waals surface area contributed by atoms with Crippen LogP contribution in [0.25, 0.3) is 21.6 Å². The second-order valence-corrected chi connectivity index (χ2v) is 7.36. The van der Waals surface area contributed by atoms with Gasteiger partial charge in [-0.3, -0.25) is 9.36 Å². The molecule has 6 heteroatoms. The van der Waals surface area contributed by atoms with Crippen LogP contribution < -0.4 is 5.56 Å². The lowest BCUT2D eigenvalue weighted by Gasteiger charge is -2.18. The van der Waals surface area contributed by atoms with E-state index in [0.29, 0.717) is 17.6 Å². The summed E-state index contributed by atoms with van der Waals surface area (Å²) in [5.41, 5.74) is 1.61. The van der Waals surface area contributed by atoms with Gasteiger partial charge in [-0.25, -0.2) is 9.78 Å². The quantitative estimate of drug-likeness (QED) is 0.776. The number of thiophene rings is 1. The lowest BCUT2D eigenvalue weighted by atomic mass is 10.1. The zero-order chi connectivity index (χ0) is 17.6. The maximum absolute atomic E-state index is 13.3. The number of fused-ring (bicyclic) bond motifs is 3. The van der Waals surface area contributed by atoms with Crippen LogP contribution in [0, 0.1) is 0 Å². The van der Waals surface area contributed by atoms with E-state index in [4.69, 9.17) is 4.98 Å². The number of carbonyl (C=O) groups is 1. The molecule has 0 fully saturated rings. The van der Waals surface area contributed by atoms with Crippen molar-refractivity contribution in [3.8, 4) is 11.4 Å². The average Bonchev–Trinajstić information content (AvgIpc) is 3.18. The van der Waals surface area contributed by atoms with Crippen molar-refractivity contribution in [2.75, 3.05) is 0 Å². The van der Waals surface area contributed by atoms with E-state index in [1.807, 2.05) is 30.3 Å². The summed E-state index contributed by atoms with van der Waals surface area (Å²) in [6.07, 6.45) is 3.23. The minimum atomic E-state index is -1.00. The fourth-order valence-electron chi connectivity index (χ4n) is 3.60. The summed E-state index contributed by atoms with van der Waals surface area (Å²) in [7, 11) is 0. The van der Waals surface area contributed by atoms with Crippen LogP contribution in [0.1, 0.15) is 36.2 Å². The topological polar surface area (TPSA) is 72.2 Å². The Balaban J connectivity index is 2.09. The van der Waals surface area contributed by atoms with Crippen LogP contribution in [0.15, 0.2) is 35.1 Å². The fourth-order valence-corrected chi connectivity index (χ4v) is 4.86. The molecule has 3 aromatic rings. The number of hydrogen-bond donors (Lipinski definition) is 1. The molecule has 5 nitrogen and oxygen atoms in total. The van der Waals surface area contributed by atoms with Crippen molar-refractivity contribution < 1.29 is 9.90 Å². The molecule has 0 saturated heterocycles. The summed E-state index contributed by atoms with van der Waals surface area (Å²) in [6, 6.07) is 8.42. The largest absolute Gasteiger partial charge is 0.480 e. The summed E-state index contributed by atoms with van der Waals surface area (Å²) < 4.78 is 1.38. The summed E-state index contributed by atoms with van der Waals surface area (Å²) >= 11 is 1.57. The number of benzene rings is 1. The SMILES string of the molecule is CCC(C(=O)O)n1c(-c2ccccc2)nc2sc3c(c2c1=O)CCC3. The lowest BCUT2D eigenvalue weighted by molar-refractivity contribution is -0.141. The zero-order valence-corrected chi connectivity index (χ0v) is 14.7. The van der Waals surface area contributed by atoms with Gasteiger partial charge in [-0.2, -0.15) is 0 Å². The molecule has 128 valence electrons. The van der Waals surface area contributed by atoms with Crippen LogP contribution in [0.3, 0.4) is 0 Å². The normalized spacial score (nSPS) is 14.6. The first-order chi connectivity index (χ1) is 12.1. The maximum atomic E-state index is 13.3. The van der Waals surface area contributed by atoms with Crippen LogP contribution >= 0.6 is 11.3 Å². The molecular formula is C19H18N2O3S. The molecule has 0 radical (unpaired) electrons. The van der Waals surface area contributed by atoms with Crippen LogP contribution in [-0.2, 0) is 17.6 Å². The second kappa shape index (κ2) is 6.11. The molecule has 0 spiro atoms. The third-order valence-electron chi connectivity index (χ3n) is 4.79. The average molecular weight is 354 g/mol. The van der Waals surface area contributed by atoms with Gasteiger partial charge in [-0.15, -0.1) is 11.3 Å². The molecule has 0 saturated carbocycles. The standard InChI is InChI=1S/C19H18N2O3S/c1-2-13(19(23)24)21-16(11-7-4-3-5-8-11)20-17-15(18(21)22)12-9-6-10-14(12)25-17/h3-5,7-8,13H,2,6,9-10H2,1H3,(H,23,24). The number of aliphatic carboxylic acids is 1. The Labute approximate surface area is 148 Å². The number of hydrogen-bond acceptors (Lipinski definition) is 4. The Morgan fingerprint density at radius 1 is 1.32 bits per heavy atom. The van der Waals surface area contributed by atoms with E-state index in [9.17, 15) is 14.7 Å². The van der Waals surface area contributed by atoms with E-state index in [0.717, 1.165) is 35.2 Å². The first-order valence-corrected chi connectivity index (χ1v) is 9.28. The van der Waals surface area contributed by atoms with Crippen LogP contribution in [0.2, 0.25) is 0 Å². The van der Waals surface area contributed by atoms with Crippen molar-refractivity contribution in [3.63, 3.8) is 0 Å². The van der Waals surface area contributed by atoms with Crippen molar-refractivity contribution in [3.05, 3.63) is 51.1 Å². The minimum Gasteiger partial charge on any atom is -0.480 e. The van der Waals surface area contributed by atoms with E-state index in [1.165, 1.54) is 9.44 Å². The number of rotatable bonds is 4. The van der Waals surface area contributed by atoms with Crippen molar-refractivity contribution in [2.24, 2.45) is 0 Å². The van der Waals surface area contributed by atoms with E-state index in [-0.39, 0.29) is 5.56 Å². The van der Waals surface area contributed by atoms with Crippen LogP contribution in [0.5, 0.6) is 0 Å². The third kappa shape index (κ3) is 2.48. The minimum absolute atomic E-state index is 0.225. The van der Waals surface area contributed by atoms with Gasteiger partial charge in [0.1, 0.15) is 16.7 Å². The Morgan fingerprint density at radius 3 is 2.76 bits per heavy atom. The number of nitrogens with zero attached hydrogens (tertiary/aromatic N) is 2. The first kappa shape index (κ1) is 16.0. The van der Waals surface area contributed by atoms with Gasteiger partial charge in [0.05, 0.1) is 5.39 Å². The number of aromatic nitrogens is 2. The Bertz CT molecular complexity index is 1020. The van der Waals surface area contributed by atoms with Crippen molar-refractivity contribution >= 4 is 27.5 Å². The molecule has 25 heavy (non-hydrogen) atoms. The third-order valence-corrected chi connectivity index (χ3v) is 5.97. The molecule has 1 aromatic carbocycles. The number of aryl methyl sites for hydroxylation is 2. The van der Waals surface area contributed by atoms with E-state index >= 15 is 0 Å². The Kier molecular flexibility index (Phi) is 3.92. The zero-order valence-electron chi connectivity index (χ0n) is 13.9. The van der Waals surface area contributed by atoms with Gasteiger partial charge in [-0.05, 0) is 31.2 Å². The molecule has 0 bridgehead atoms. The molecular weight excluding hydrogens is 336 g/mol. The molecule has 1 aliphatic rings. The number of carboxylic acid groups (broad SMARTS) is 1. The van der Waals surface area contributed by atoms with Crippen LogP contribution in [-0.4, -0.2) is 20.6 Å². The summed E-state index contributed by atoms with van der Waals surface area (Å²) in [4.78, 5) is 31.8. The first-order valence-electron chi connectivity index (χ1n) is 8.46. The Morgan fingerprint density at radius 2 is 2.08 bits per heavy atom. The van der Waals surface area contributed by atoms with Crippen molar-refractivity contribution in [1.29, 1.82) is 0 Å². The maximum Gasteiger partial charge on any atom is 0.326 e. The molecule has 1 atom stereocenters. The molecule has 1 aliphatic carbocycles. The van der Waals surface area contributed by atoms with Gasteiger partial charge in [0.15, 0.2) is 0 Å². The molecule has 1 N–H and O–H groups in total. The van der Waals surface area contributed by atoms with Crippen LogP contribution in [0.4, 0.5) is 0 Å². The summed E-state index contributed by atoms with van der Waals surface area (Å²) in [5, 5.41) is 10.3. The van der Waals surface area contributed by atoms with Gasteiger partial charge in [-0.1, -0.05) is 37.3 Å². The predicted molar refractivity (Wildman–Crippen MR) is 98.3 cm³/mol. The van der Waals surface area contributed by atoms with E-state index in [1.54, 1.807) is 18.3 Å². The van der Waals surface area contributed by atoms with Gasteiger partial charge in [0, 0.05) is 10.4 Å². The highest BCUT2D eigenvalue weighted by Crippen LogP contribution is 2.36. The highest BCUT2D eigenvalue weighted by molar-refractivity contribution is 7.18. The smallest absolute Gasteiger partial charge is 0.326 e. The molecule has 0 amide bonds. The highest BCUT2D eigenvalue weighted by Gasteiger charge is 2.28. The molecule has 1 unspecified atom stereocenters. The molecule has 4 rings (SSSR count). The summed E-state index contributed by atoms with van der Waals surface area (Å²) in [6.45, 7) is 1.78. The highest BCUT2D eigenvalue weighted by atomic mass is 32.1. The molecule has 2 heterocycles. The van der Waals surface area contributed by atoms with E-state index in [2.05, 4.69) is 0 Å². The lowest BCUT2D eigenvalue weighted by Crippen LogP contribution is -2.31. The second-order valence-electron chi connectivity index (χ2n) is 6.28. The number of carboxylic acids is 1. The molecule has 0 aliphatic heterocycles. The monoisotopic (exact) mass is 354 g/mol. The molecule has 2 aromatic heterocycles. The van der Waals surface area contributed by atoms with Crippen molar-refractivity contribution in [2.45, 2.75) is 38.6 Å². The van der Waals surface area contributed by atoms with Gasteiger partial charge in [0.25, 0.3) is 5.56 Å². The van der Waals surface area contributed by atoms with Crippen molar-refractivity contribution in [1.82, 2.24) is 9.55 Å². The van der Waals surface area contributed by atoms with E-state index < -0.39 is 12.0 Å². The predicted octanol–water partition coefficient (Wildman–Crippen LogP) is 3.65. The van der Waals surface area contributed by atoms with Gasteiger partial charge in [0.2, 0.25) is 0 Å². The van der Waals surface area contributed by atoms with Gasteiger partial charge >= 0.3 is 5.97 Å². The Hall–Kier alpha value is -2.47. The fraction of sp³-hybridized carbons (Fsp3) is 0.316. The van der Waals surface area contributed by atoms with Gasteiger partial charge < -0.3 is 5.11 Å². The summed E-state index contributed by atoms with van der Waals surface area (Å²) in [5.74, 6) is -0.568.